The summed E-state index contributed by atoms with van der Waals surface area (Å²) in [5.41, 5.74) is 1.34. The number of methoxy groups -OCH3 is 1. The number of benzene rings is 1. The molecule has 0 saturated heterocycles. The molecule has 0 fully saturated rings. The summed E-state index contributed by atoms with van der Waals surface area (Å²) in [5.74, 6) is 0.531. The minimum atomic E-state index is 0.375. The highest BCUT2D eigenvalue weighted by atomic mass is 16.5. The maximum atomic E-state index is 5.17. The van der Waals surface area contributed by atoms with Gasteiger partial charge in [-0.1, -0.05) is 37.3 Å². The van der Waals surface area contributed by atoms with Crippen LogP contribution >= 0.6 is 0 Å². The van der Waals surface area contributed by atoms with Gasteiger partial charge in [0.25, 0.3) is 0 Å². The van der Waals surface area contributed by atoms with Gasteiger partial charge in [-0.2, -0.15) is 0 Å². The van der Waals surface area contributed by atoms with E-state index in [0.29, 0.717) is 12.0 Å². The molecule has 0 bridgehead atoms. The molecule has 0 aliphatic heterocycles. The Kier molecular flexibility index (Phi) is 6.94. The van der Waals surface area contributed by atoms with Crippen molar-refractivity contribution in [3.8, 4) is 0 Å². The van der Waals surface area contributed by atoms with Crippen molar-refractivity contribution in [2.24, 2.45) is 5.92 Å². The van der Waals surface area contributed by atoms with Gasteiger partial charge in [0.15, 0.2) is 0 Å². The van der Waals surface area contributed by atoms with Crippen LogP contribution in [0.3, 0.4) is 0 Å². The standard InChI is InChI=1S/C15H26N2O/c1-13(12-18-4)10-16-15(11-17(2)3)14-8-6-5-7-9-14/h5-9,13,15-16H,10-12H2,1-4H3. The Morgan fingerprint density at radius 1 is 1.22 bits per heavy atom. The van der Waals surface area contributed by atoms with Crippen LogP contribution in [-0.2, 0) is 4.74 Å². The van der Waals surface area contributed by atoms with Crippen molar-refractivity contribution in [1.82, 2.24) is 10.2 Å². The molecule has 0 aromatic heterocycles. The second-order valence-corrected chi connectivity index (χ2v) is 5.19. The lowest BCUT2D eigenvalue weighted by Gasteiger charge is -2.24. The number of likely N-dealkylation sites (N-methyl/N-ethyl adjacent to an activating group) is 1. The molecule has 18 heavy (non-hydrogen) atoms. The molecule has 1 aromatic carbocycles. The van der Waals surface area contributed by atoms with E-state index in [1.807, 2.05) is 0 Å². The first-order valence-electron chi connectivity index (χ1n) is 6.55. The molecule has 0 aliphatic carbocycles. The molecule has 1 N–H and O–H groups in total. The third kappa shape index (κ3) is 5.63. The highest BCUT2D eigenvalue weighted by Crippen LogP contribution is 2.13. The van der Waals surface area contributed by atoms with Gasteiger partial charge in [0.1, 0.15) is 0 Å². The van der Waals surface area contributed by atoms with E-state index in [4.69, 9.17) is 4.74 Å². The van der Waals surface area contributed by atoms with Crippen molar-refractivity contribution in [2.75, 3.05) is 40.9 Å². The number of ether oxygens (including phenoxy) is 1. The first-order chi connectivity index (χ1) is 8.63. The zero-order valence-corrected chi connectivity index (χ0v) is 12.0. The minimum absolute atomic E-state index is 0.375. The van der Waals surface area contributed by atoms with Gasteiger partial charge in [-0.05, 0) is 25.6 Å². The molecule has 0 aliphatic rings. The van der Waals surface area contributed by atoms with Gasteiger partial charge in [0, 0.05) is 32.8 Å². The fourth-order valence-electron chi connectivity index (χ4n) is 2.03. The molecule has 102 valence electrons. The maximum absolute atomic E-state index is 5.17. The number of nitrogens with one attached hydrogen (secondary N) is 1. The van der Waals surface area contributed by atoms with Crippen LogP contribution in [0, 0.1) is 5.92 Å². The van der Waals surface area contributed by atoms with E-state index in [0.717, 1.165) is 19.7 Å². The van der Waals surface area contributed by atoms with Crippen LogP contribution in [-0.4, -0.2) is 45.8 Å². The topological polar surface area (TPSA) is 24.5 Å². The molecule has 0 heterocycles. The first-order valence-corrected chi connectivity index (χ1v) is 6.55. The van der Waals surface area contributed by atoms with E-state index in [1.54, 1.807) is 7.11 Å². The number of hydrogen-bond donors (Lipinski definition) is 1. The van der Waals surface area contributed by atoms with E-state index >= 15 is 0 Å². The summed E-state index contributed by atoms with van der Waals surface area (Å²) in [6, 6.07) is 11.0. The summed E-state index contributed by atoms with van der Waals surface area (Å²) >= 11 is 0. The molecule has 0 saturated carbocycles. The predicted molar refractivity (Wildman–Crippen MR) is 76.8 cm³/mol. The van der Waals surface area contributed by atoms with Crippen LogP contribution in [0.4, 0.5) is 0 Å². The normalized spacial score (nSPS) is 14.7. The van der Waals surface area contributed by atoms with Gasteiger partial charge in [-0.3, -0.25) is 0 Å². The Morgan fingerprint density at radius 2 is 1.89 bits per heavy atom. The van der Waals surface area contributed by atoms with Crippen LogP contribution < -0.4 is 5.32 Å². The SMILES string of the molecule is COCC(C)CNC(CN(C)C)c1ccccc1. The smallest absolute Gasteiger partial charge is 0.0499 e. The third-order valence-corrected chi connectivity index (χ3v) is 2.91. The Bertz CT molecular complexity index is 314. The first kappa shape index (κ1) is 15.2. The summed E-state index contributed by atoms with van der Waals surface area (Å²) < 4.78 is 5.17. The number of hydrogen-bond acceptors (Lipinski definition) is 3. The van der Waals surface area contributed by atoms with E-state index < -0.39 is 0 Å². The van der Waals surface area contributed by atoms with Crippen molar-refractivity contribution >= 4 is 0 Å². The Hall–Kier alpha value is -0.900. The monoisotopic (exact) mass is 250 g/mol. The summed E-state index contributed by atoms with van der Waals surface area (Å²) in [6.45, 7) is 4.98. The van der Waals surface area contributed by atoms with Crippen LogP contribution in [0.1, 0.15) is 18.5 Å². The van der Waals surface area contributed by atoms with E-state index in [9.17, 15) is 0 Å². The number of rotatable bonds is 8. The molecule has 2 unspecified atom stereocenters. The minimum Gasteiger partial charge on any atom is -0.384 e. The summed E-state index contributed by atoms with van der Waals surface area (Å²) in [6.07, 6.45) is 0. The van der Waals surface area contributed by atoms with Gasteiger partial charge in [-0.25, -0.2) is 0 Å². The predicted octanol–water partition coefficient (Wildman–Crippen LogP) is 2.16. The summed E-state index contributed by atoms with van der Waals surface area (Å²) in [5, 5.41) is 3.63. The van der Waals surface area contributed by atoms with Crippen molar-refractivity contribution in [1.29, 1.82) is 0 Å². The molecule has 3 heteroatoms. The quantitative estimate of drug-likeness (QED) is 0.765. The largest absolute Gasteiger partial charge is 0.384 e. The molecule has 3 nitrogen and oxygen atoms in total. The molecule has 1 aromatic rings. The van der Waals surface area contributed by atoms with Crippen LogP contribution in [0.15, 0.2) is 30.3 Å². The average molecular weight is 250 g/mol. The summed E-state index contributed by atoms with van der Waals surface area (Å²) in [4.78, 5) is 2.21. The molecule has 2 atom stereocenters. The van der Waals surface area contributed by atoms with Crippen molar-refractivity contribution < 1.29 is 4.74 Å². The lowest BCUT2D eigenvalue weighted by atomic mass is 10.1. The fourth-order valence-corrected chi connectivity index (χ4v) is 2.03. The Morgan fingerprint density at radius 3 is 2.44 bits per heavy atom. The van der Waals surface area contributed by atoms with Crippen LogP contribution in [0.2, 0.25) is 0 Å². The van der Waals surface area contributed by atoms with Gasteiger partial charge in [0.05, 0.1) is 0 Å². The molecular formula is C15H26N2O. The molecule has 1 rings (SSSR count). The second kappa shape index (κ2) is 8.25. The Labute approximate surface area is 111 Å². The van der Waals surface area contributed by atoms with Crippen molar-refractivity contribution in [2.45, 2.75) is 13.0 Å². The van der Waals surface area contributed by atoms with Crippen LogP contribution in [0.25, 0.3) is 0 Å². The molecule has 0 radical (unpaired) electrons. The zero-order valence-electron chi connectivity index (χ0n) is 12.0. The molecule has 0 amide bonds. The van der Waals surface area contributed by atoms with E-state index in [1.165, 1.54) is 5.56 Å². The van der Waals surface area contributed by atoms with Crippen molar-refractivity contribution in [3.63, 3.8) is 0 Å². The van der Waals surface area contributed by atoms with E-state index in [2.05, 4.69) is 61.6 Å². The number of nitrogens with zero attached hydrogens (tertiary/aromatic N) is 1. The van der Waals surface area contributed by atoms with Gasteiger partial charge < -0.3 is 15.0 Å². The zero-order chi connectivity index (χ0) is 13.4. The Balaban J connectivity index is 2.56. The van der Waals surface area contributed by atoms with Gasteiger partial charge >= 0.3 is 0 Å². The lowest BCUT2D eigenvalue weighted by molar-refractivity contribution is 0.155. The second-order valence-electron chi connectivity index (χ2n) is 5.19. The highest BCUT2D eigenvalue weighted by Gasteiger charge is 2.13. The molecule has 0 spiro atoms. The summed E-state index contributed by atoms with van der Waals surface area (Å²) in [7, 11) is 5.97. The van der Waals surface area contributed by atoms with Crippen molar-refractivity contribution in [3.05, 3.63) is 35.9 Å². The maximum Gasteiger partial charge on any atom is 0.0499 e. The van der Waals surface area contributed by atoms with E-state index in [-0.39, 0.29) is 0 Å². The molecular weight excluding hydrogens is 224 g/mol. The lowest BCUT2D eigenvalue weighted by Crippen LogP contribution is -2.34. The fraction of sp³-hybridized carbons (Fsp3) is 0.600. The van der Waals surface area contributed by atoms with Gasteiger partial charge in [-0.15, -0.1) is 0 Å². The average Bonchev–Trinajstić information content (AvgIpc) is 2.35. The van der Waals surface area contributed by atoms with Crippen LogP contribution in [0.5, 0.6) is 0 Å². The highest BCUT2D eigenvalue weighted by molar-refractivity contribution is 5.19. The third-order valence-electron chi connectivity index (χ3n) is 2.91. The van der Waals surface area contributed by atoms with Gasteiger partial charge in [0.2, 0.25) is 0 Å².